The molecule has 2 rings (SSSR count). The zero-order valence-electron chi connectivity index (χ0n) is 11.1. The van der Waals surface area contributed by atoms with Crippen LogP contribution >= 0.6 is 22.9 Å². The predicted octanol–water partition coefficient (Wildman–Crippen LogP) is 2.84. The zero-order chi connectivity index (χ0) is 14.4. The van der Waals surface area contributed by atoms with Crippen LogP contribution in [-0.4, -0.2) is 24.0 Å². The van der Waals surface area contributed by atoms with Gasteiger partial charge in [0.15, 0.2) is 6.61 Å². The fourth-order valence-electron chi connectivity index (χ4n) is 1.58. The Morgan fingerprint density at radius 2 is 2.15 bits per heavy atom. The van der Waals surface area contributed by atoms with Crippen LogP contribution in [-0.2, 0) is 11.2 Å². The number of halogens is 1. The van der Waals surface area contributed by atoms with E-state index >= 15 is 0 Å². The number of thiazole rings is 1. The van der Waals surface area contributed by atoms with Crippen molar-refractivity contribution in [1.82, 2.24) is 10.3 Å². The van der Waals surface area contributed by atoms with Crippen LogP contribution in [0, 0.1) is 6.92 Å². The Morgan fingerprint density at radius 1 is 1.40 bits per heavy atom. The summed E-state index contributed by atoms with van der Waals surface area (Å²) in [5.74, 6) is 0.490. The number of aryl methyl sites for hydroxylation is 1. The summed E-state index contributed by atoms with van der Waals surface area (Å²) in [5, 5.41) is 4.49. The SMILES string of the molecule is Cc1ncc(CCNC(=O)COc2ccc(Cl)cc2)s1. The first-order valence-electron chi connectivity index (χ1n) is 6.20. The second-order valence-electron chi connectivity index (χ2n) is 4.19. The second kappa shape index (κ2) is 7.26. The summed E-state index contributed by atoms with van der Waals surface area (Å²) in [6, 6.07) is 6.91. The molecule has 1 aromatic heterocycles. The standard InChI is InChI=1S/C14H15ClN2O2S/c1-10-17-8-13(20-10)6-7-16-14(18)9-19-12-4-2-11(15)3-5-12/h2-5,8H,6-7,9H2,1H3,(H,16,18). The van der Waals surface area contributed by atoms with Gasteiger partial charge in [-0.15, -0.1) is 11.3 Å². The fourth-order valence-corrected chi connectivity index (χ4v) is 2.50. The Labute approximate surface area is 126 Å². The number of aromatic nitrogens is 1. The minimum atomic E-state index is -0.138. The zero-order valence-corrected chi connectivity index (χ0v) is 12.6. The molecule has 0 saturated carbocycles. The molecular weight excluding hydrogens is 296 g/mol. The molecule has 0 aliphatic rings. The van der Waals surface area contributed by atoms with Crippen molar-refractivity contribution in [1.29, 1.82) is 0 Å². The number of hydrogen-bond acceptors (Lipinski definition) is 4. The van der Waals surface area contributed by atoms with E-state index in [1.165, 1.54) is 4.88 Å². The lowest BCUT2D eigenvalue weighted by atomic mass is 10.3. The molecule has 6 heteroatoms. The highest BCUT2D eigenvalue weighted by molar-refractivity contribution is 7.11. The third-order valence-corrected chi connectivity index (χ3v) is 3.77. The summed E-state index contributed by atoms with van der Waals surface area (Å²) < 4.78 is 5.35. The molecule has 0 radical (unpaired) electrons. The van der Waals surface area contributed by atoms with Crippen LogP contribution in [0.2, 0.25) is 5.02 Å². The molecule has 0 aliphatic heterocycles. The molecule has 1 amide bonds. The van der Waals surface area contributed by atoms with Crippen molar-refractivity contribution in [3.05, 3.63) is 45.4 Å². The molecule has 0 atom stereocenters. The molecule has 4 nitrogen and oxygen atoms in total. The second-order valence-corrected chi connectivity index (χ2v) is 5.94. The average Bonchev–Trinajstić information content (AvgIpc) is 2.84. The normalized spacial score (nSPS) is 10.3. The molecule has 0 fully saturated rings. The minimum absolute atomic E-state index is 0.00332. The van der Waals surface area contributed by atoms with E-state index in [2.05, 4.69) is 10.3 Å². The molecule has 1 heterocycles. The first-order valence-corrected chi connectivity index (χ1v) is 7.39. The van der Waals surface area contributed by atoms with Crippen LogP contribution < -0.4 is 10.1 Å². The van der Waals surface area contributed by atoms with E-state index < -0.39 is 0 Å². The molecule has 1 aromatic carbocycles. The van der Waals surface area contributed by atoms with E-state index in [-0.39, 0.29) is 12.5 Å². The van der Waals surface area contributed by atoms with Gasteiger partial charge in [0.2, 0.25) is 0 Å². The van der Waals surface area contributed by atoms with Gasteiger partial charge in [0.25, 0.3) is 5.91 Å². The predicted molar refractivity (Wildman–Crippen MR) is 80.5 cm³/mol. The quantitative estimate of drug-likeness (QED) is 0.892. The van der Waals surface area contributed by atoms with Crippen molar-refractivity contribution in [2.24, 2.45) is 0 Å². The van der Waals surface area contributed by atoms with Gasteiger partial charge >= 0.3 is 0 Å². The summed E-state index contributed by atoms with van der Waals surface area (Å²) in [6.07, 6.45) is 2.63. The van der Waals surface area contributed by atoms with Crippen LogP contribution in [0.5, 0.6) is 5.75 Å². The van der Waals surface area contributed by atoms with Crippen molar-refractivity contribution in [3.8, 4) is 5.75 Å². The fraction of sp³-hybridized carbons (Fsp3) is 0.286. The van der Waals surface area contributed by atoms with Crippen molar-refractivity contribution < 1.29 is 9.53 Å². The lowest BCUT2D eigenvalue weighted by molar-refractivity contribution is -0.123. The Bertz CT molecular complexity index is 569. The van der Waals surface area contributed by atoms with Gasteiger partial charge in [-0.2, -0.15) is 0 Å². The van der Waals surface area contributed by atoms with Gasteiger partial charge in [0.1, 0.15) is 5.75 Å². The number of benzene rings is 1. The molecular formula is C14H15ClN2O2S. The maximum absolute atomic E-state index is 11.6. The summed E-state index contributed by atoms with van der Waals surface area (Å²) in [5.41, 5.74) is 0. The molecule has 0 bridgehead atoms. The Kier molecular flexibility index (Phi) is 5.38. The number of nitrogens with zero attached hydrogens (tertiary/aromatic N) is 1. The number of ether oxygens (including phenoxy) is 1. The van der Waals surface area contributed by atoms with Gasteiger partial charge in [-0.3, -0.25) is 4.79 Å². The third-order valence-electron chi connectivity index (χ3n) is 2.55. The van der Waals surface area contributed by atoms with Gasteiger partial charge in [-0.25, -0.2) is 4.98 Å². The van der Waals surface area contributed by atoms with Crippen LogP contribution in [0.4, 0.5) is 0 Å². The van der Waals surface area contributed by atoms with Crippen molar-refractivity contribution >= 4 is 28.8 Å². The lowest BCUT2D eigenvalue weighted by Crippen LogP contribution is -2.30. The molecule has 1 N–H and O–H groups in total. The van der Waals surface area contributed by atoms with Crippen LogP contribution in [0.25, 0.3) is 0 Å². The molecule has 106 valence electrons. The van der Waals surface area contributed by atoms with E-state index in [1.807, 2.05) is 13.1 Å². The van der Waals surface area contributed by atoms with Crippen LogP contribution in [0.15, 0.2) is 30.5 Å². The van der Waals surface area contributed by atoms with Crippen molar-refractivity contribution in [2.75, 3.05) is 13.2 Å². The average molecular weight is 311 g/mol. The summed E-state index contributed by atoms with van der Waals surface area (Å²) >= 11 is 7.41. The van der Waals surface area contributed by atoms with E-state index in [1.54, 1.807) is 35.6 Å². The first-order chi connectivity index (χ1) is 9.63. The maximum Gasteiger partial charge on any atom is 0.257 e. The Morgan fingerprint density at radius 3 is 2.80 bits per heavy atom. The first kappa shape index (κ1) is 14.8. The largest absolute Gasteiger partial charge is 0.484 e. The molecule has 2 aromatic rings. The minimum Gasteiger partial charge on any atom is -0.484 e. The van der Waals surface area contributed by atoms with E-state index in [0.29, 0.717) is 17.3 Å². The molecule has 0 unspecified atom stereocenters. The molecule has 20 heavy (non-hydrogen) atoms. The monoisotopic (exact) mass is 310 g/mol. The highest BCUT2D eigenvalue weighted by atomic mass is 35.5. The van der Waals surface area contributed by atoms with E-state index in [9.17, 15) is 4.79 Å². The molecule has 0 saturated heterocycles. The van der Waals surface area contributed by atoms with Crippen molar-refractivity contribution in [2.45, 2.75) is 13.3 Å². The van der Waals surface area contributed by atoms with Crippen LogP contribution in [0.3, 0.4) is 0 Å². The lowest BCUT2D eigenvalue weighted by Gasteiger charge is -2.07. The number of carbonyl (C=O) groups is 1. The summed E-state index contributed by atoms with van der Waals surface area (Å²) in [6.45, 7) is 2.56. The number of carbonyl (C=O) groups excluding carboxylic acids is 1. The molecule has 0 aliphatic carbocycles. The van der Waals surface area contributed by atoms with Gasteiger partial charge in [-0.1, -0.05) is 11.6 Å². The Hall–Kier alpha value is -1.59. The highest BCUT2D eigenvalue weighted by Gasteiger charge is 2.03. The van der Waals surface area contributed by atoms with Gasteiger partial charge < -0.3 is 10.1 Å². The topological polar surface area (TPSA) is 51.2 Å². The third kappa shape index (κ3) is 4.83. The number of hydrogen-bond donors (Lipinski definition) is 1. The smallest absolute Gasteiger partial charge is 0.257 e. The van der Waals surface area contributed by atoms with Gasteiger partial charge in [0.05, 0.1) is 5.01 Å². The van der Waals surface area contributed by atoms with E-state index in [4.69, 9.17) is 16.3 Å². The molecule has 0 spiro atoms. The number of amides is 1. The number of nitrogens with one attached hydrogen (secondary N) is 1. The summed E-state index contributed by atoms with van der Waals surface area (Å²) in [4.78, 5) is 16.9. The van der Waals surface area contributed by atoms with Gasteiger partial charge in [-0.05, 0) is 31.2 Å². The number of rotatable bonds is 6. The maximum atomic E-state index is 11.6. The highest BCUT2D eigenvalue weighted by Crippen LogP contribution is 2.15. The van der Waals surface area contributed by atoms with Crippen molar-refractivity contribution in [3.63, 3.8) is 0 Å². The van der Waals surface area contributed by atoms with E-state index in [0.717, 1.165) is 11.4 Å². The van der Waals surface area contributed by atoms with Crippen LogP contribution in [0.1, 0.15) is 9.88 Å². The summed E-state index contributed by atoms with van der Waals surface area (Å²) in [7, 11) is 0. The Balaban J connectivity index is 1.66. The van der Waals surface area contributed by atoms with Gasteiger partial charge in [0, 0.05) is 29.1 Å².